The lowest BCUT2D eigenvalue weighted by molar-refractivity contribution is -0.156. The third kappa shape index (κ3) is 1.55. The first-order chi connectivity index (χ1) is 7.44. The molecule has 0 aliphatic heterocycles. The Morgan fingerprint density at radius 2 is 2.12 bits per heavy atom. The zero-order valence-electron chi connectivity index (χ0n) is 8.01. The normalized spacial score (nSPS) is 14.6. The summed E-state index contributed by atoms with van der Waals surface area (Å²) in [5.41, 5.74) is 0.586. The van der Waals surface area contributed by atoms with Gasteiger partial charge in [0, 0.05) is 15.6 Å². The van der Waals surface area contributed by atoms with Gasteiger partial charge in [0.25, 0.3) is 0 Å². The minimum absolute atomic E-state index is 0.301. The van der Waals surface area contributed by atoms with Gasteiger partial charge in [-0.3, -0.25) is 0 Å². The second kappa shape index (κ2) is 3.66. The molecule has 2 rings (SSSR count). The van der Waals surface area contributed by atoms with Gasteiger partial charge in [-0.1, -0.05) is 34.1 Å². The number of rotatable bonds is 2. The van der Waals surface area contributed by atoms with E-state index in [-0.39, 0.29) is 0 Å². The lowest BCUT2D eigenvalue weighted by Crippen LogP contribution is -2.29. The van der Waals surface area contributed by atoms with Gasteiger partial charge in [0.15, 0.2) is 0 Å². The van der Waals surface area contributed by atoms with Crippen LogP contribution in [0.25, 0.3) is 5.57 Å². The number of carboxylic acids is 1. The molecule has 0 atom stereocenters. The molecule has 0 saturated carbocycles. The van der Waals surface area contributed by atoms with Gasteiger partial charge in [-0.05, 0) is 18.1 Å². The number of carboxylic acid groups (broad SMARTS) is 1. The van der Waals surface area contributed by atoms with Crippen LogP contribution in [0.5, 0.6) is 0 Å². The molecular formula is C11H7BrF2O2. The van der Waals surface area contributed by atoms with E-state index >= 15 is 0 Å². The van der Waals surface area contributed by atoms with Gasteiger partial charge >= 0.3 is 11.9 Å². The van der Waals surface area contributed by atoms with Gasteiger partial charge < -0.3 is 5.11 Å². The summed E-state index contributed by atoms with van der Waals surface area (Å²) in [6.45, 7) is 0. The van der Waals surface area contributed by atoms with Crippen LogP contribution in [0.4, 0.5) is 8.78 Å². The Hall–Kier alpha value is -1.23. The summed E-state index contributed by atoms with van der Waals surface area (Å²) in [5, 5.41) is 8.51. The van der Waals surface area contributed by atoms with Crippen molar-refractivity contribution < 1.29 is 18.7 Å². The molecular weight excluding hydrogens is 282 g/mol. The summed E-state index contributed by atoms with van der Waals surface area (Å²) >= 11 is 3.16. The van der Waals surface area contributed by atoms with E-state index in [2.05, 4.69) is 15.9 Å². The molecule has 1 aromatic carbocycles. The highest BCUT2D eigenvalue weighted by Crippen LogP contribution is 2.42. The molecule has 1 aliphatic carbocycles. The number of aliphatic carboxylic acids is 1. The van der Waals surface area contributed by atoms with Crippen molar-refractivity contribution in [3.63, 3.8) is 0 Å². The van der Waals surface area contributed by atoms with Crippen LogP contribution in [-0.4, -0.2) is 17.0 Å². The lowest BCUT2D eigenvalue weighted by atomic mass is 10.0. The largest absolute Gasteiger partial charge is 0.477 e. The second-order valence-corrected chi connectivity index (χ2v) is 4.33. The third-order valence-corrected chi connectivity index (χ3v) is 3.16. The monoisotopic (exact) mass is 288 g/mol. The predicted molar refractivity (Wildman–Crippen MR) is 58.4 cm³/mol. The molecule has 0 radical (unpaired) electrons. The first-order valence-corrected chi connectivity index (χ1v) is 5.33. The van der Waals surface area contributed by atoms with Crippen molar-refractivity contribution in [1.29, 1.82) is 0 Å². The van der Waals surface area contributed by atoms with Crippen LogP contribution in [0.2, 0.25) is 0 Å². The van der Waals surface area contributed by atoms with E-state index < -0.39 is 17.5 Å². The quantitative estimate of drug-likeness (QED) is 0.908. The Morgan fingerprint density at radius 1 is 1.44 bits per heavy atom. The molecule has 0 amide bonds. The first kappa shape index (κ1) is 11.3. The Balaban J connectivity index is 2.55. The van der Waals surface area contributed by atoms with Crippen LogP contribution in [-0.2, 0) is 11.2 Å². The number of benzene rings is 1. The van der Waals surface area contributed by atoms with E-state index in [0.717, 1.165) is 0 Å². The highest BCUT2D eigenvalue weighted by Gasteiger charge is 2.46. The average molecular weight is 289 g/mol. The summed E-state index contributed by atoms with van der Waals surface area (Å²) in [6, 6.07) is 5.07. The second-order valence-electron chi connectivity index (χ2n) is 3.48. The van der Waals surface area contributed by atoms with E-state index in [0.29, 0.717) is 22.0 Å². The molecule has 0 unspecified atom stereocenters. The Bertz CT molecular complexity index is 495. The molecule has 1 aromatic rings. The fourth-order valence-corrected chi connectivity index (χ4v) is 2.38. The van der Waals surface area contributed by atoms with E-state index in [1.807, 2.05) is 0 Å². The summed E-state index contributed by atoms with van der Waals surface area (Å²) in [6.07, 6.45) is 1.61. The molecule has 84 valence electrons. The van der Waals surface area contributed by atoms with Crippen molar-refractivity contribution in [3.05, 3.63) is 39.9 Å². The van der Waals surface area contributed by atoms with Gasteiger partial charge in [-0.15, -0.1) is 0 Å². The molecule has 2 nitrogen and oxygen atoms in total. The van der Waals surface area contributed by atoms with Crippen molar-refractivity contribution in [2.75, 3.05) is 0 Å². The lowest BCUT2D eigenvalue weighted by Gasteiger charge is -2.15. The smallest absolute Gasteiger partial charge is 0.379 e. The summed E-state index contributed by atoms with van der Waals surface area (Å²) in [4.78, 5) is 10.5. The van der Waals surface area contributed by atoms with Gasteiger partial charge in [-0.25, -0.2) is 4.79 Å². The first-order valence-electron chi connectivity index (χ1n) is 4.54. The zero-order chi connectivity index (χ0) is 11.9. The number of carbonyl (C=O) groups is 1. The van der Waals surface area contributed by atoms with E-state index in [4.69, 9.17) is 5.11 Å². The standard InChI is InChI=1S/C11H7BrF2O2/c12-8-3-1-2-6-4-5-7(9(6)8)11(13,14)10(15)16/h1-3,5H,4H2,(H,15,16). The minimum atomic E-state index is -3.84. The average Bonchev–Trinajstić information content (AvgIpc) is 2.63. The van der Waals surface area contributed by atoms with Crippen LogP contribution >= 0.6 is 15.9 Å². The molecule has 0 saturated heterocycles. The Morgan fingerprint density at radius 3 is 2.75 bits per heavy atom. The molecule has 5 heteroatoms. The maximum Gasteiger partial charge on any atom is 0.379 e. The highest BCUT2D eigenvalue weighted by atomic mass is 79.9. The van der Waals surface area contributed by atoms with Crippen molar-refractivity contribution in [2.45, 2.75) is 12.3 Å². The molecule has 0 heterocycles. The Labute approximate surface area is 98.7 Å². The molecule has 16 heavy (non-hydrogen) atoms. The van der Waals surface area contributed by atoms with Crippen LogP contribution in [0.1, 0.15) is 11.1 Å². The zero-order valence-corrected chi connectivity index (χ0v) is 9.59. The topological polar surface area (TPSA) is 37.3 Å². The molecule has 0 aromatic heterocycles. The number of alkyl halides is 2. The fourth-order valence-electron chi connectivity index (χ4n) is 1.75. The van der Waals surface area contributed by atoms with Gasteiger partial charge in [0.05, 0.1) is 0 Å². The molecule has 0 fully saturated rings. The number of hydrogen-bond acceptors (Lipinski definition) is 1. The Kier molecular flexibility index (Phi) is 2.58. The van der Waals surface area contributed by atoms with E-state index in [1.165, 1.54) is 6.08 Å². The van der Waals surface area contributed by atoms with Crippen LogP contribution in [0.15, 0.2) is 28.7 Å². The minimum Gasteiger partial charge on any atom is -0.477 e. The molecule has 1 N–H and O–H groups in total. The van der Waals surface area contributed by atoms with Crippen LogP contribution < -0.4 is 0 Å². The predicted octanol–water partition coefficient (Wildman–Crippen LogP) is 3.11. The summed E-state index contributed by atoms with van der Waals surface area (Å²) < 4.78 is 27.3. The van der Waals surface area contributed by atoms with Gasteiger partial charge in [0.2, 0.25) is 0 Å². The number of hydrogen-bond donors (Lipinski definition) is 1. The molecule has 1 aliphatic rings. The van der Waals surface area contributed by atoms with Gasteiger partial charge in [0.1, 0.15) is 0 Å². The number of fused-ring (bicyclic) bond motifs is 1. The van der Waals surface area contributed by atoms with Crippen molar-refractivity contribution in [2.24, 2.45) is 0 Å². The summed E-state index contributed by atoms with van der Waals surface area (Å²) in [5.74, 6) is -5.96. The van der Waals surface area contributed by atoms with E-state index in [1.54, 1.807) is 18.2 Å². The van der Waals surface area contributed by atoms with Crippen LogP contribution in [0, 0.1) is 0 Å². The van der Waals surface area contributed by atoms with Crippen molar-refractivity contribution in [1.82, 2.24) is 0 Å². The maximum absolute atomic E-state index is 13.4. The fraction of sp³-hybridized carbons (Fsp3) is 0.182. The third-order valence-electron chi connectivity index (χ3n) is 2.50. The SMILES string of the molecule is O=C(O)C(F)(F)C1=CCc2cccc(Br)c21. The van der Waals surface area contributed by atoms with Crippen LogP contribution in [0.3, 0.4) is 0 Å². The van der Waals surface area contributed by atoms with Crippen molar-refractivity contribution >= 4 is 27.5 Å². The summed E-state index contributed by atoms with van der Waals surface area (Å²) in [7, 11) is 0. The maximum atomic E-state index is 13.4. The number of halogens is 3. The van der Waals surface area contributed by atoms with Crippen molar-refractivity contribution in [3.8, 4) is 0 Å². The van der Waals surface area contributed by atoms with Gasteiger partial charge in [-0.2, -0.15) is 8.78 Å². The molecule has 0 bridgehead atoms. The number of allylic oxidation sites excluding steroid dienone is 1. The highest BCUT2D eigenvalue weighted by molar-refractivity contribution is 9.10. The van der Waals surface area contributed by atoms with E-state index in [9.17, 15) is 13.6 Å². The molecule has 0 spiro atoms.